The van der Waals surface area contributed by atoms with Crippen LogP contribution >= 0.6 is 0 Å². The van der Waals surface area contributed by atoms with E-state index in [9.17, 15) is 9.59 Å². The van der Waals surface area contributed by atoms with Gasteiger partial charge in [-0.2, -0.15) is 0 Å². The summed E-state index contributed by atoms with van der Waals surface area (Å²) >= 11 is 0. The molecule has 0 spiro atoms. The summed E-state index contributed by atoms with van der Waals surface area (Å²) in [4.78, 5) is 24.2. The van der Waals surface area contributed by atoms with Gasteiger partial charge >= 0.3 is 5.97 Å². The van der Waals surface area contributed by atoms with Crippen molar-refractivity contribution in [2.45, 2.75) is 38.3 Å². The van der Waals surface area contributed by atoms with Crippen molar-refractivity contribution in [3.05, 3.63) is 0 Å². The van der Waals surface area contributed by atoms with Crippen molar-refractivity contribution in [3.8, 4) is 0 Å². The number of carboxylic acids is 1. The molecule has 1 heterocycles. The van der Waals surface area contributed by atoms with Crippen LogP contribution in [0.5, 0.6) is 0 Å². The number of nitrogens with two attached hydrogens (primary N) is 1. The molecule has 0 radical (unpaired) electrons. The Hall–Kier alpha value is -1.14. The fourth-order valence-electron chi connectivity index (χ4n) is 2.03. The first-order valence-electron chi connectivity index (χ1n) is 5.99. The lowest BCUT2D eigenvalue weighted by Gasteiger charge is -2.22. The minimum atomic E-state index is -1.06. The van der Waals surface area contributed by atoms with E-state index in [-0.39, 0.29) is 18.4 Å². The van der Waals surface area contributed by atoms with Gasteiger partial charge in [0.25, 0.3) is 0 Å². The number of carboxylic acid groups (broad SMARTS) is 1. The van der Waals surface area contributed by atoms with Crippen molar-refractivity contribution in [2.24, 2.45) is 5.73 Å². The average molecular weight is 243 g/mol. The van der Waals surface area contributed by atoms with Gasteiger partial charge in [-0.3, -0.25) is 9.59 Å². The van der Waals surface area contributed by atoms with Gasteiger partial charge in [0.2, 0.25) is 5.91 Å². The molecule has 0 saturated carbocycles. The molecule has 1 rings (SSSR count). The molecule has 0 aromatic rings. The van der Waals surface area contributed by atoms with Gasteiger partial charge in [0.15, 0.2) is 0 Å². The maximum atomic E-state index is 11.5. The highest BCUT2D eigenvalue weighted by atomic mass is 16.4. The molecule has 1 amide bonds. The monoisotopic (exact) mass is 243 g/mol. The smallest absolute Gasteiger partial charge is 0.305 e. The number of aliphatic carboxylic acids is 1. The molecule has 98 valence electrons. The lowest BCUT2D eigenvalue weighted by molar-refractivity contribution is -0.139. The molecule has 2 unspecified atom stereocenters. The Balaban J connectivity index is 2.26. The zero-order valence-corrected chi connectivity index (χ0v) is 10.2. The molecule has 0 bridgehead atoms. The molecule has 0 aliphatic carbocycles. The van der Waals surface area contributed by atoms with E-state index in [1.807, 2.05) is 6.92 Å². The van der Waals surface area contributed by atoms with E-state index in [2.05, 4.69) is 10.2 Å². The second-order valence-corrected chi connectivity index (χ2v) is 4.62. The second-order valence-electron chi connectivity index (χ2n) is 4.62. The molecule has 6 nitrogen and oxygen atoms in total. The largest absolute Gasteiger partial charge is 0.481 e. The van der Waals surface area contributed by atoms with Gasteiger partial charge in [-0.15, -0.1) is 0 Å². The Kier molecular flexibility index (Phi) is 5.37. The number of carbonyl (C=O) groups excluding carboxylic acids is 1. The first kappa shape index (κ1) is 13.9. The lowest BCUT2D eigenvalue weighted by Crippen LogP contribution is -2.48. The Labute approximate surface area is 101 Å². The first-order valence-corrected chi connectivity index (χ1v) is 5.99. The van der Waals surface area contributed by atoms with E-state index in [1.165, 1.54) is 12.8 Å². The van der Waals surface area contributed by atoms with E-state index in [0.29, 0.717) is 0 Å². The number of nitrogens with one attached hydrogen (secondary N) is 1. The third-order valence-electron chi connectivity index (χ3n) is 2.85. The van der Waals surface area contributed by atoms with Crippen molar-refractivity contribution in [2.75, 3.05) is 19.6 Å². The molecule has 1 fully saturated rings. The van der Waals surface area contributed by atoms with Crippen LogP contribution in [-0.2, 0) is 9.59 Å². The van der Waals surface area contributed by atoms with Crippen LogP contribution < -0.4 is 11.1 Å². The van der Waals surface area contributed by atoms with Crippen molar-refractivity contribution in [3.63, 3.8) is 0 Å². The summed E-state index contributed by atoms with van der Waals surface area (Å²) in [6, 6.07) is -0.964. The summed E-state index contributed by atoms with van der Waals surface area (Å²) in [5, 5.41) is 11.3. The predicted molar refractivity (Wildman–Crippen MR) is 63.5 cm³/mol. The molecular formula is C11H21N3O3. The topological polar surface area (TPSA) is 95.7 Å². The van der Waals surface area contributed by atoms with Crippen molar-refractivity contribution >= 4 is 11.9 Å². The van der Waals surface area contributed by atoms with E-state index in [1.54, 1.807) is 0 Å². The van der Waals surface area contributed by atoms with Crippen molar-refractivity contribution in [1.82, 2.24) is 10.2 Å². The Morgan fingerprint density at radius 2 is 2.00 bits per heavy atom. The maximum absolute atomic E-state index is 11.5. The SMILES string of the molecule is CC(CN1CCCC1)NC(=O)C(N)CC(=O)O. The van der Waals surface area contributed by atoms with E-state index in [4.69, 9.17) is 10.8 Å². The number of rotatable bonds is 6. The maximum Gasteiger partial charge on any atom is 0.305 e. The highest BCUT2D eigenvalue weighted by Crippen LogP contribution is 2.07. The quantitative estimate of drug-likeness (QED) is 0.578. The summed E-state index contributed by atoms with van der Waals surface area (Å²) in [5.41, 5.74) is 5.47. The zero-order valence-electron chi connectivity index (χ0n) is 10.2. The fourth-order valence-corrected chi connectivity index (χ4v) is 2.03. The summed E-state index contributed by atoms with van der Waals surface area (Å²) in [7, 11) is 0. The molecular weight excluding hydrogens is 222 g/mol. The molecule has 17 heavy (non-hydrogen) atoms. The Bertz CT molecular complexity index is 277. The lowest BCUT2D eigenvalue weighted by atomic mass is 10.2. The molecule has 1 aliphatic heterocycles. The van der Waals surface area contributed by atoms with Crippen LogP contribution in [0.2, 0.25) is 0 Å². The van der Waals surface area contributed by atoms with Crippen LogP contribution in [0, 0.1) is 0 Å². The number of amides is 1. The van der Waals surface area contributed by atoms with Gasteiger partial charge in [0.1, 0.15) is 0 Å². The Morgan fingerprint density at radius 3 is 2.53 bits per heavy atom. The molecule has 1 aliphatic rings. The molecule has 6 heteroatoms. The van der Waals surface area contributed by atoms with Gasteiger partial charge < -0.3 is 21.1 Å². The first-order chi connectivity index (χ1) is 7.99. The fraction of sp³-hybridized carbons (Fsp3) is 0.818. The van der Waals surface area contributed by atoms with Gasteiger partial charge in [0.05, 0.1) is 12.5 Å². The normalized spacial score (nSPS) is 19.9. The predicted octanol–water partition coefficient (Wildman–Crippen LogP) is -0.611. The minimum absolute atomic E-state index is 0.000412. The van der Waals surface area contributed by atoms with E-state index in [0.717, 1.165) is 19.6 Å². The van der Waals surface area contributed by atoms with E-state index < -0.39 is 12.0 Å². The molecule has 2 atom stereocenters. The van der Waals surface area contributed by atoms with Gasteiger partial charge in [-0.05, 0) is 32.9 Å². The van der Waals surface area contributed by atoms with Crippen LogP contribution in [0.15, 0.2) is 0 Å². The van der Waals surface area contributed by atoms with Gasteiger partial charge in [-0.25, -0.2) is 0 Å². The van der Waals surface area contributed by atoms with E-state index >= 15 is 0 Å². The second kappa shape index (κ2) is 6.56. The zero-order chi connectivity index (χ0) is 12.8. The molecule has 0 aromatic carbocycles. The standard InChI is InChI=1S/C11H21N3O3/c1-8(7-14-4-2-3-5-14)13-11(17)9(12)6-10(15)16/h8-9H,2-7,12H2,1H3,(H,13,17)(H,15,16). The molecule has 0 aromatic heterocycles. The highest BCUT2D eigenvalue weighted by molar-refractivity contribution is 5.86. The summed E-state index contributed by atoms with van der Waals surface area (Å²) in [5.74, 6) is -1.45. The number of hydrogen-bond donors (Lipinski definition) is 3. The summed E-state index contributed by atoms with van der Waals surface area (Å²) < 4.78 is 0. The number of carbonyl (C=O) groups is 2. The number of nitrogens with zero attached hydrogens (tertiary/aromatic N) is 1. The van der Waals surface area contributed by atoms with Crippen molar-refractivity contribution < 1.29 is 14.7 Å². The number of likely N-dealkylation sites (tertiary alicyclic amines) is 1. The number of hydrogen-bond acceptors (Lipinski definition) is 4. The summed E-state index contributed by atoms with van der Waals surface area (Å²) in [6.07, 6.45) is 2.08. The van der Waals surface area contributed by atoms with Gasteiger partial charge in [0, 0.05) is 12.6 Å². The van der Waals surface area contributed by atoms with Gasteiger partial charge in [-0.1, -0.05) is 0 Å². The molecule has 1 saturated heterocycles. The van der Waals surface area contributed by atoms with Crippen LogP contribution in [0.4, 0.5) is 0 Å². The summed E-state index contributed by atoms with van der Waals surface area (Å²) in [6.45, 7) is 4.85. The van der Waals surface area contributed by atoms with Crippen LogP contribution in [0.25, 0.3) is 0 Å². The van der Waals surface area contributed by atoms with Crippen LogP contribution in [0.1, 0.15) is 26.2 Å². The Morgan fingerprint density at radius 1 is 1.41 bits per heavy atom. The van der Waals surface area contributed by atoms with Crippen molar-refractivity contribution in [1.29, 1.82) is 0 Å². The minimum Gasteiger partial charge on any atom is -0.481 e. The van der Waals surface area contributed by atoms with Crippen LogP contribution in [0.3, 0.4) is 0 Å². The third kappa shape index (κ3) is 5.14. The highest BCUT2D eigenvalue weighted by Gasteiger charge is 2.20. The van der Waals surface area contributed by atoms with Crippen LogP contribution in [-0.4, -0.2) is 53.6 Å². The third-order valence-corrected chi connectivity index (χ3v) is 2.85. The average Bonchev–Trinajstić information content (AvgIpc) is 2.68. The molecule has 4 N–H and O–H groups in total.